The van der Waals surface area contributed by atoms with Gasteiger partial charge in [0, 0.05) is 40.8 Å². The molecule has 2 heterocycles. The van der Waals surface area contributed by atoms with Crippen molar-refractivity contribution in [3.05, 3.63) is 27.7 Å². The molecule has 2 saturated heterocycles. The Kier molecular flexibility index (Phi) is 5.74. The van der Waals surface area contributed by atoms with E-state index in [4.69, 9.17) is 27.9 Å². The maximum atomic E-state index is 12.2. The Labute approximate surface area is 197 Å². The highest BCUT2D eigenvalue weighted by atomic mass is 35.5. The lowest BCUT2D eigenvalue weighted by molar-refractivity contribution is -0.134. The monoisotopic (exact) mass is 479 g/mol. The predicted molar refractivity (Wildman–Crippen MR) is 121 cm³/mol. The Morgan fingerprint density at radius 1 is 1.19 bits per heavy atom. The third kappa shape index (κ3) is 4.17. The molecule has 1 atom stereocenters. The molecule has 2 saturated carbocycles. The van der Waals surface area contributed by atoms with Crippen LogP contribution in [0.15, 0.2) is 12.1 Å². The topological polar surface area (TPSA) is 87.7 Å². The Morgan fingerprint density at radius 3 is 2.47 bits per heavy atom. The van der Waals surface area contributed by atoms with Gasteiger partial charge in [-0.15, -0.1) is 0 Å². The third-order valence-electron chi connectivity index (χ3n) is 7.53. The molecule has 0 bridgehead atoms. The van der Waals surface area contributed by atoms with E-state index < -0.39 is 5.92 Å². The first kappa shape index (κ1) is 21.8. The van der Waals surface area contributed by atoms with Crippen LogP contribution in [-0.2, 0) is 14.3 Å². The molecule has 4 aliphatic rings. The highest BCUT2D eigenvalue weighted by Crippen LogP contribution is 2.58. The normalized spacial score (nSPS) is 24.9. The number of ether oxygens (including phenoxy) is 1. The summed E-state index contributed by atoms with van der Waals surface area (Å²) in [5, 5.41) is 6.07. The molecule has 172 valence electrons. The van der Waals surface area contributed by atoms with Crippen molar-refractivity contribution in [1.29, 1.82) is 0 Å². The van der Waals surface area contributed by atoms with Gasteiger partial charge in [0.15, 0.2) is 0 Å². The average Bonchev–Trinajstić information content (AvgIpc) is 2.63. The van der Waals surface area contributed by atoms with E-state index in [1.165, 1.54) is 32.1 Å². The Bertz CT molecular complexity index is 928. The van der Waals surface area contributed by atoms with Crippen molar-refractivity contribution in [2.45, 2.75) is 56.9 Å². The molecule has 32 heavy (non-hydrogen) atoms. The number of hydrogen-bond donors (Lipinski definition) is 2. The highest BCUT2D eigenvalue weighted by molar-refractivity contribution is 6.37. The Morgan fingerprint density at radius 2 is 1.88 bits per heavy atom. The molecule has 5 rings (SSSR count). The number of nitrogens with one attached hydrogen (secondary N) is 2. The van der Waals surface area contributed by atoms with Crippen LogP contribution in [-0.4, -0.2) is 43.6 Å². The minimum absolute atomic E-state index is 0.00854. The number of amides is 3. The molecule has 4 fully saturated rings. The lowest BCUT2D eigenvalue weighted by Gasteiger charge is -2.54. The zero-order valence-electron chi connectivity index (χ0n) is 17.8. The van der Waals surface area contributed by atoms with E-state index >= 15 is 0 Å². The number of alkyl carbamates (subject to hydrolysis) is 1. The number of carbonyl (C=O) groups excluding carboxylic acids is 3. The second-order valence-corrected chi connectivity index (χ2v) is 10.6. The number of piperidine rings is 1. The number of halogens is 2. The summed E-state index contributed by atoms with van der Waals surface area (Å²) in [7, 11) is 0. The first-order valence-corrected chi connectivity index (χ1v) is 12.1. The van der Waals surface area contributed by atoms with E-state index in [0.29, 0.717) is 53.1 Å². The quantitative estimate of drug-likeness (QED) is 0.622. The van der Waals surface area contributed by atoms with Gasteiger partial charge >= 0.3 is 6.09 Å². The van der Waals surface area contributed by atoms with E-state index in [2.05, 4.69) is 15.5 Å². The van der Waals surface area contributed by atoms with Crippen LogP contribution in [0.2, 0.25) is 10.0 Å². The Hall–Kier alpha value is -1.99. The second kappa shape index (κ2) is 8.41. The molecular weight excluding hydrogens is 453 g/mol. The minimum Gasteiger partial charge on any atom is -0.449 e. The van der Waals surface area contributed by atoms with Crippen LogP contribution in [0.3, 0.4) is 0 Å². The van der Waals surface area contributed by atoms with Crippen molar-refractivity contribution in [1.82, 2.24) is 10.6 Å². The largest absolute Gasteiger partial charge is 0.449 e. The fraction of sp³-hybridized carbons (Fsp3) is 0.609. The number of imide groups is 1. The molecule has 3 amide bonds. The van der Waals surface area contributed by atoms with Gasteiger partial charge in [0.25, 0.3) is 0 Å². The first-order chi connectivity index (χ1) is 15.3. The zero-order valence-corrected chi connectivity index (χ0v) is 19.3. The molecule has 1 aromatic carbocycles. The Balaban J connectivity index is 1.10. The number of hydrogen-bond acceptors (Lipinski definition) is 5. The van der Waals surface area contributed by atoms with E-state index in [1.807, 2.05) is 0 Å². The van der Waals surface area contributed by atoms with Gasteiger partial charge in [0.2, 0.25) is 11.8 Å². The van der Waals surface area contributed by atoms with Gasteiger partial charge in [-0.05, 0) is 55.6 Å². The SMILES string of the molecule is O=C1CCC(c2c(Cl)cc(N3CC(NC(=O)OCC4CC5(CCC5)C4)C3)cc2Cl)C(=O)N1. The fourth-order valence-corrected chi connectivity index (χ4v) is 6.34. The molecule has 1 unspecified atom stereocenters. The van der Waals surface area contributed by atoms with Gasteiger partial charge < -0.3 is 15.0 Å². The highest BCUT2D eigenvalue weighted by Gasteiger charge is 2.48. The van der Waals surface area contributed by atoms with Gasteiger partial charge in [0.1, 0.15) is 0 Å². The summed E-state index contributed by atoms with van der Waals surface area (Å²) >= 11 is 12.9. The molecule has 2 N–H and O–H groups in total. The van der Waals surface area contributed by atoms with E-state index in [9.17, 15) is 14.4 Å². The van der Waals surface area contributed by atoms with Crippen molar-refractivity contribution < 1.29 is 19.1 Å². The van der Waals surface area contributed by atoms with Crippen LogP contribution < -0.4 is 15.5 Å². The van der Waals surface area contributed by atoms with Crippen molar-refractivity contribution in [3.63, 3.8) is 0 Å². The van der Waals surface area contributed by atoms with Crippen LogP contribution in [0.5, 0.6) is 0 Å². The van der Waals surface area contributed by atoms with Crippen LogP contribution in [0, 0.1) is 11.3 Å². The summed E-state index contributed by atoms with van der Waals surface area (Å²) in [5.41, 5.74) is 1.98. The summed E-state index contributed by atoms with van der Waals surface area (Å²) < 4.78 is 5.42. The number of carbonyl (C=O) groups is 3. The minimum atomic E-state index is -0.530. The van der Waals surface area contributed by atoms with Gasteiger partial charge in [-0.25, -0.2) is 4.79 Å². The molecule has 1 spiro atoms. The van der Waals surface area contributed by atoms with Crippen LogP contribution >= 0.6 is 23.2 Å². The summed E-state index contributed by atoms with van der Waals surface area (Å²) in [6.07, 6.45) is 6.75. The molecule has 7 nitrogen and oxygen atoms in total. The van der Waals surface area contributed by atoms with Gasteiger partial charge in [0.05, 0.1) is 18.6 Å². The first-order valence-electron chi connectivity index (χ1n) is 11.3. The van der Waals surface area contributed by atoms with Gasteiger partial charge in [-0.1, -0.05) is 29.6 Å². The van der Waals surface area contributed by atoms with E-state index in [-0.39, 0.29) is 30.4 Å². The second-order valence-electron chi connectivity index (χ2n) is 9.80. The molecule has 9 heteroatoms. The molecule has 2 aliphatic heterocycles. The van der Waals surface area contributed by atoms with Crippen molar-refractivity contribution in [2.75, 3.05) is 24.6 Å². The average molecular weight is 480 g/mol. The number of anilines is 1. The summed E-state index contributed by atoms with van der Waals surface area (Å²) in [5.74, 6) is -0.653. The zero-order chi connectivity index (χ0) is 22.5. The standard InChI is InChI=1S/C23H27Cl2N3O4/c24-17-6-15(7-18(25)20(17)16-2-3-19(29)27-21(16)30)28-10-14(11-28)26-22(31)32-12-13-8-23(9-13)4-1-5-23/h6-7,13-14,16H,1-5,8-12H2,(H,26,31)(H,27,29,30). The molecule has 0 radical (unpaired) electrons. The van der Waals surface area contributed by atoms with Crippen LogP contribution in [0.25, 0.3) is 0 Å². The maximum Gasteiger partial charge on any atom is 0.407 e. The van der Waals surface area contributed by atoms with Crippen molar-refractivity contribution in [2.24, 2.45) is 11.3 Å². The smallest absolute Gasteiger partial charge is 0.407 e. The molecular formula is C23H27Cl2N3O4. The van der Waals surface area contributed by atoms with E-state index in [1.54, 1.807) is 12.1 Å². The van der Waals surface area contributed by atoms with Crippen molar-refractivity contribution in [3.8, 4) is 0 Å². The van der Waals surface area contributed by atoms with E-state index in [0.717, 1.165) is 5.69 Å². The number of benzene rings is 1. The third-order valence-corrected chi connectivity index (χ3v) is 8.15. The fourth-order valence-electron chi connectivity index (χ4n) is 5.61. The van der Waals surface area contributed by atoms with Gasteiger partial charge in [-0.3, -0.25) is 14.9 Å². The lowest BCUT2D eigenvalue weighted by atomic mass is 9.52. The maximum absolute atomic E-state index is 12.2. The molecule has 2 aliphatic carbocycles. The summed E-state index contributed by atoms with van der Waals surface area (Å²) in [6.45, 7) is 1.77. The molecule has 1 aromatic rings. The molecule has 0 aromatic heterocycles. The number of nitrogens with zero attached hydrogens (tertiary/aromatic N) is 1. The van der Waals surface area contributed by atoms with Crippen LogP contribution in [0.4, 0.5) is 10.5 Å². The predicted octanol–water partition coefficient (Wildman–Crippen LogP) is 4.01. The summed E-state index contributed by atoms with van der Waals surface area (Å²) in [4.78, 5) is 37.8. The van der Waals surface area contributed by atoms with Gasteiger partial charge in [-0.2, -0.15) is 0 Å². The lowest BCUT2D eigenvalue weighted by Crippen LogP contribution is -2.59. The summed E-state index contributed by atoms with van der Waals surface area (Å²) in [6, 6.07) is 3.58. The van der Waals surface area contributed by atoms with Crippen molar-refractivity contribution >= 4 is 46.8 Å². The number of rotatable bonds is 5. The van der Waals surface area contributed by atoms with Crippen LogP contribution in [0.1, 0.15) is 56.4 Å².